The number of benzene rings is 3. The summed E-state index contributed by atoms with van der Waals surface area (Å²) in [4.78, 5) is 12.5. The molecular weight excluding hydrogens is 441 g/mol. The van der Waals surface area contributed by atoms with Gasteiger partial charge in [0.25, 0.3) is 15.9 Å². The molecule has 0 aliphatic carbocycles. The van der Waals surface area contributed by atoms with Gasteiger partial charge in [0, 0.05) is 5.56 Å². The molecule has 0 unspecified atom stereocenters. The fourth-order valence-corrected chi connectivity index (χ4v) is 4.43. The number of sulfonamides is 1. The molecule has 3 aromatic rings. The Kier molecular flexibility index (Phi) is 7.04. The topological polar surface area (TPSA) is 78.8 Å². The predicted molar refractivity (Wildman–Crippen MR) is 119 cm³/mol. The average molecular weight is 460 g/mol. The maximum Gasteiger partial charge on any atom is 0.264 e. The van der Waals surface area contributed by atoms with Gasteiger partial charge < -0.3 is 0 Å². The van der Waals surface area contributed by atoms with E-state index in [2.05, 4.69) is 10.5 Å². The molecule has 0 aliphatic rings. The molecule has 0 atom stereocenters. The van der Waals surface area contributed by atoms with Gasteiger partial charge in [0.2, 0.25) is 0 Å². The van der Waals surface area contributed by atoms with E-state index in [4.69, 9.17) is 11.6 Å². The van der Waals surface area contributed by atoms with Crippen molar-refractivity contribution in [2.24, 2.45) is 5.10 Å². The van der Waals surface area contributed by atoms with Crippen LogP contribution >= 0.6 is 11.6 Å². The number of nitrogens with one attached hydrogen (secondary N) is 1. The standard InChI is InChI=1S/C22H19ClFN3O3S/c1-16-7-5-8-17(13-16)27(31(29,30)18-9-3-2-4-10-18)15-22(28)26-25-14-19-20(23)11-6-12-21(19)24/h2-14H,15H2,1H3,(H,26,28)/b25-14-. The molecule has 3 aromatic carbocycles. The van der Waals surface area contributed by atoms with Crippen LogP contribution in [0, 0.1) is 12.7 Å². The monoisotopic (exact) mass is 459 g/mol. The smallest absolute Gasteiger partial charge is 0.264 e. The van der Waals surface area contributed by atoms with E-state index in [-0.39, 0.29) is 15.5 Å². The fraction of sp³-hybridized carbons (Fsp3) is 0.0909. The van der Waals surface area contributed by atoms with E-state index in [1.165, 1.54) is 30.3 Å². The largest absolute Gasteiger partial charge is 0.271 e. The fourth-order valence-electron chi connectivity index (χ4n) is 2.79. The second kappa shape index (κ2) is 9.72. The minimum absolute atomic E-state index is 0.0110. The number of carbonyl (C=O) groups is 1. The first kappa shape index (κ1) is 22.5. The molecule has 160 valence electrons. The molecule has 0 fully saturated rings. The van der Waals surface area contributed by atoms with Crippen LogP contribution in [-0.2, 0) is 14.8 Å². The van der Waals surface area contributed by atoms with Gasteiger partial charge in [-0.1, -0.05) is 48.0 Å². The summed E-state index contributed by atoms with van der Waals surface area (Å²) in [6, 6.07) is 18.7. The third-order valence-corrected chi connectivity index (χ3v) is 6.41. The number of amides is 1. The lowest BCUT2D eigenvalue weighted by molar-refractivity contribution is -0.119. The zero-order valence-corrected chi connectivity index (χ0v) is 18.1. The number of halogens is 2. The lowest BCUT2D eigenvalue weighted by atomic mass is 10.2. The second-order valence-electron chi connectivity index (χ2n) is 6.59. The Morgan fingerprint density at radius 1 is 1.10 bits per heavy atom. The van der Waals surface area contributed by atoms with E-state index >= 15 is 0 Å². The summed E-state index contributed by atoms with van der Waals surface area (Å²) in [7, 11) is -4.02. The molecule has 0 spiro atoms. The highest BCUT2D eigenvalue weighted by atomic mass is 35.5. The van der Waals surface area contributed by atoms with Crippen molar-refractivity contribution in [3.8, 4) is 0 Å². The Balaban J connectivity index is 1.85. The number of carbonyl (C=O) groups excluding carboxylic acids is 1. The molecule has 31 heavy (non-hydrogen) atoms. The highest BCUT2D eigenvalue weighted by Crippen LogP contribution is 2.24. The number of anilines is 1. The van der Waals surface area contributed by atoms with Gasteiger partial charge in [0.15, 0.2) is 0 Å². The minimum atomic E-state index is -4.02. The molecule has 0 bridgehead atoms. The highest BCUT2D eigenvalue weighted by molar-refractivity contribution is 7.92. The Morgan fingerprint density at radius 2 is 1.81 bits per heavy atom. The average Bonchev–Trinajstić information content (AvgIpc) is 2.74. The van der Waals surface area contributed by atoms with Gasteiger partial charge in [-0.15, -0.1) is 0 Å². The van der Waals surface area contributed by atoms with Crippen LogP contribution < -0.4 is 9.73 Å². The number of aryl methyl sites for hydroxylation is 1. The van der Waals surface area contributed by atoms with Crippen LogP contribution in [0.15, 0.2) is 82.8 Å². The van der Waals surface area contributed by atoms with E-state index in [1.807, 2.05) is 13.0 Å². The minimum Gasteiger partial charge on any atom is -0.271 e. The normalized spacial score (nSPS) is 11.5. The third-order valence-electron chi connectivity index (χ3n) is 4.29. The molecule has 0 radical (unpaired) electrons. The Hall–Kier alpha value is -3.23. The van der Waals surface area contributed by atoms with Crippen LogP contribution in [0.4, 0.5) is 10.1 Å². The van der Waals surface area contributed by atoms with Crippen LogP contribution in [0.1, 0.15) is 11.1 Å². The number of hydrogen-bond acceptors (Lipinski definition) is 4. The Bertz CT molecular complexity index is 1200. The summed E-state index contributed by atoms with van der Waals surface area (Å²) in [6.45, 7) is 1.29. The van der Waals surface area contributed by atoms with Crippen LogP contribution in [-0.4, -0.2) is 27.1 Å². The first-order valence-corrected chi connectivity index (χ1v) is 11.0. The van der Waals surface area contributed by atoms with Crippen LogP contribution in [0.3, 0.4) is 0 Å². The van der Waals surface area contributed by atoms with Gasteiger partial charge in [-0.25, -0.2) is 18.2 Å². The second-order valence-corrected chi connectivity index (χ2v) is 8.86. The van der Waals surface area contributed by atoms with Gasteiger partial charge in [-0.05, 0) is 48.9 Å². The number of hydrazone groups is 1. The molecule has 3 rings (SSSR count). The van der Waals surface area contributed by atoms with Crippen LogP contribution in [0.25, 0.3) is 0 Å². The van der Waals surface area contributed by atoms with Crippen molar-refractivity contribution in [3.63, 3.8) is 0 Å². The lowest BCUT2D eigenvalue weighted by Gasteiger charge is -2.24. The van der Waals surface area contributed by atoms with Crippen LogP contribution in [0.5, 0.6) is 0 Å². The van der Waals surface area contributed by atoms with Crippen molar-refractivity contribution in [2.75, 3.05) is 10.8 Å². The SMILES string of the molecule is Cc1cccc(N(CC(=O)N/N=C\c2c(F)cccc2Cl)S(=O)(=O)c2ccccc2)c1. The molecule has 1 amide bonds. The summed E-state index contributed by atoms with van der Waals surface area (Å²) in [5.74, 6) is -1.30. The zero-order chi connectivity index (χ0) is 22.4. The van der Waals surface area contributed by atoms with Gasteiger partial charge in [0.1, 0.15) is 12.4 Å². The lowest BCUT2D eigenvalue weighted by Crippen LogP contribution is -2.39. The molecule has 0 heterocycles. The molecule has 0 saturated heterocycles. The maximum atomic E-state index is 13.8. The molecule has 6 nitrogen and oxygen atoms in total. The molecule has 0 saturated carbocycles. The van der Waals surface area contributed by atoms with E-state index in [0.717, 1.165) is 16.1 Å². The number of hydrogen-bond donors (Lipinski definition) is 1. The van der Waals surface area contributed by atoms with Gasteiger partial charge in [0.05, 0.1) is 21.8 Å². The maximum absolute atomic E-state index is 13.8. The van der Waals surface area contributed by atoms with Crippen LogP contribution in [0.2, 0.25) is 5.02 Å². The van der Waals surface area contributed by atoms with Crippen molar-refractivity contribution in [2.45, 2.75) is 11.8 Å². The first-order valence-electron chi connectivity index (χ1n) is 9.19. The predicted octanol–water partition coefficient (Wildman–Crippen LogP) is 4.13. The summed E-state index contributed by atoms with van der Waals surface area (Å²) in [5.41, 5.74) is 3.40. The van der Waals surface area contributed by atoms with Crippen molar-refractivity contribution in [1.82, 2.24) is 5.43 Å². The highest BCUT2D eigenvalue weighted by Gasteiger charge is 2.27. The Labute approximate surface area is 185 Å². The van der Waals surface area contributed by atoms with Gasteiger partial charge in [-0.3, -0.25) is 9.10 Å². The van der Waals surface area contributed by atoms with Gasteiger partial charge in [-0.2, -0.15) is 5.10 Å². The summed E-state index contributed by atoms with van der Waals surface area (Å²) in [6.07, 6.45) is 1.07. The number of rotatable bonds is 7. The quantitative estimate of drug-likeness (QED) is 0.426. The van der Waals surface area contributed by atoms with E-state index in [0.29, 0.717) is 5.69 Å². The first-order chi connectivity index (χ1) is 14.8. The molecule has 1 N–H and O–H groups in total. The van der Waals surface area contributed by atoms with Gasteiger partial charge >= 0.3 is 0 Å². The molecule has 0 aliphatic heterocycles. The third kappa shape index (κ3) is 5.48. The van der Waals surface area contributed by atoms with Crippen molar-refractivity contribution in [3.05, 3.63) is 94.8 Å². The summed E-state index contributed by atoms with van der Waals surface area (Å²) in [5, 5.41) is 3.84. The van der Waals surface area contributed by atoms with E-state index < -0.39 is 28.3 Å². The molecular formula is C22H19ClFN3O3S. The van der Waals surface area contributed by atoms with Crippen molar-refractivity contribution < 1.29 is 17.6 Å². The summed E-state index contributed by atoms with van der Waals surface area (Å²) < 4.78 is 41.2. The van der Waals surface area contributed by atoms with E-state index in [1.54, 1.807) is 36.4 Å². The van der Waals surface area contributed by atoms with Crippen molar-refractivity contribution in [1.29, 1.82) is 0 Å². The van der Waals surface area contributed by atoms with Crippen molar-refractivity contribution >= 4 is 39.4 Å². The Morgan fingerprint density at radius 3 is 2.48 bits per heavy atom. The summed E-state index contributed by atoms with van der Waals surface area (Å²) >= 11 is 5.92. The molecule has 9 heteroatoms. The van der Waals surface area contributed by atoms with E-state index in [9.17, 15) is 17.6 Å². The zero-order valence-electron chi connectivity index (χ0n) is 16.5. The molecule has 0 aromatic heterocycles. The number of nitrogens with zero attached hydrogens (tertiary/aromatic N) is 2.